The number of likely N-dealkylation sites (tertiary alicyclic amines) is 1. The smallest absolute Gasteiger partial charge is 0.238 e. The number of benzene rings is 1. The number of nitrogens with one attached hydrogen (secondary N) is 1. The molecule has 1 unspecified atom stereocenters. The Bertz CT molecular complexity index is 631. The molecular formula is C15H23N3O3S. The van der Waals surface area contributed by atoms with Crippen LogP contribution in [0.25, 0.3) is 0 Å². The normalized spacial score (nSPS) is 19.8. The molecule has 1 aromatic rings. The van der Waals surface area contributed by atoms with Gasteiger partial charge < -0.3 is 5.32 Å². The summed E-state index contributed by atoms with van der Waals surface area (Å²) in [6.45, 7) is 3.40. The standard InChI is InChI=1S/C15H23N3O3S/c1-2-13-7-3-4-9-18(13)11-15(19)17-12-6-5-8-14(10-12)22(16,20)21/h5-6,8,10,13H,2-4,7,9,11H2,1H3,(H,17,19)(H2,16,20,21). The molecule has 2 rings (SSSR count). The predicted molar refractivity (Wildman–Crippen MR) is 85.9 cm³/mol. The van der Waals surface area contributed by atoms with Gasteiger partial charge in [-0.1, -0.05) is 19.4 Å². The van der Waals surface area contributed by atoms with E-state index < -0.39 is 10.0 Å². The molecule has 0 bridgehead atoms. The lowest BCUT2D eigenvalue weighted by molar-refractivity contribution is -0.118. The number of nitrogens with zero attached hydrogens (tertiary/aromatic N) is 1. The van der Waals surface area contributed by atoms with Crippen molar-refractivity contribution in [2.45, 2.75) is 43.5 Å². The van der Waals surface area contributed by atoms with E-state index in [1.54, 1.807) is 12.1 Å². The van der Waals surface area contributed by atoms with Crippen molar-refractivity contribution in [2.24, 2.45) is 5.14 Å². The molecule has 7 heteroatoms. The summed E-state index contributed by atoms with van der Waals surface area (Å²) in [5.74, 6) is -0.132. The molecule has 1 aromatic carbocycles. The number of piperidine rings is 1. The predicted octanol–water partition coefficient (Wildman–Crippen LogP) is 1.54. The quantitative estimate of drug-likeness (QED) is 0.859. The number of hydrogen-bond acceptors (Lipinski definition) is 4. The number of carbonyl (C=O) groups excluding carboxylic acids is 1. The van der Waals surface area contributed by atoms with E-state index in [0.29, 0.717) is 18.3 Å². The van der Waals surface area contributed by atoms with Gasteiger partial charge in [-0.2, -0.15) is 0 Å². The van der Waals surface area contributed by atoms with Gasteiger partial charge in [-0.15, -0.1) is 0 Å². The SMILES string of the molecule is CCC1CCCCN1CC(=O)Nc1cccc(S(N)(=O)=O)c1. The first-order chi connectivity index (χ1) is 10.4. The van der Waals surface area contributed by atoms with Crippen LogP contribution in [0, 0.1) is 0 Å². The monoisotopic (exact) mass is 325 g/mol. The topological polar surface area (TPSA) is 92.5 Å². The Labute approximate surface area is 131 Å². The number of carbonyl (C=O) groups is 1. The van der Waals surface area contributed by atoms with Crippen molar-refractivity contribution in [1.29, 1.82) is 0 Å². The van der Waals surface area contributed by atoms with Crippen LogP contribution in [0.5, 0.6) is 0 Å². The summed E-state index contributed by atoms with van der Waals surface area (Å²) >= 11 is 0. The lowest BCUT2D eigenvalue weighted by Gasteiger charge is -2.34. The third-order valence-electron chi connectivity index (χ3n) is 4.01. The van der Waals surface area contributed by atoms with Gasteiger partial charge >= 0.3 is 0 Å². The highest BCUT2D eigenvalue weighted by Crippen LogP contribution is 2.19. The van der Waals surface area contributed by atoms with Crippen molar-refractivity contribution in [3.63, 3.8) is 0 Å². The van der Waals surface area contributed by atoms with Crippen molar-refractivity contribution in [3.8, 4) is 0 Å². The molecule has 1 atom stereocenters. The van der Waals surface area contributed by atoms with Crippen molar-refractivity contribution in [1.82, 2.24) is 4.90 Å². The zero-order valence-corrected chi connectivity index (χ0v) is 13.6. The summed E-state index contributed by atoms with van der Waals surface area (Å²) < 4.78 is 22.7. The van der Waals surface area contributed by atoms with E-state index in [0.717, 1.165) is 25.8 Å². The molecule has 122 valence electrons. The Morgan fingerprint density at radius 3 is 2.86 bits per heavy atom. The molecular weight excluding hydrogens is 302 g/mol. The van der Waals surface area contributed by atoms with Gasteiger partial charge in [0.25, 0.3) is 0 Å². The van der Waals surface area contributed by atoms with Gasteiger partial charge in [-0.25, -0.2) is 13.6 Å². The highest BCUT2D eigenvalue weighted by Gasteiger charge is 2.22. The summed E-state index contributed by atoms with van der Waals surface area (Å²) in [7, 11) is -3.76. The highest BCUT2D eigenvalue weighted by molar-refractivity contribution is 7.89. The summed E-state index contributed by atoms with van der Waals surface area (Å²) in [4.78, 5) is 14.4. The lowest BCUT2D eigenvalue weighted by Crippen LogP contribution is -2.43. The molecule has 0 spiro atoms. The average molecular weight is 325 g/mol. The maximum atomic E-state index is 12.2. The van der Waals surface area contributed by atoms with E-state index >= 15 is 0 Å². The van der Waals surface area contributed by atoms with Crippen LogP contribution in [0.1, 0.15) is 32.6 Å². The Kier molecular flexibility index (Phi) is 5.55. The number of rotatable bonds is 5. The molecule has 1 heterocycles. The van der Waals surface area contributed by atoms with Gasteiger partial charge in [0, 0.05) is 11.7 Å². The molecule has 0 aromatic heterocycles. The minimum atomic E-state index is -3.76. The first-order valence-electron chi connectivity index (χ1n) is 7.57. The van der Waals surface area contributed by atoms with Crippen LogP contribution >= 0.6 is 0 Å². The summed E-state index contributed by atoms with van der Waals surface area (Å²) in [5, 5.41) is 7.84. The maximum Gasteiger partial charge on any atom is 0.238 e. The second kappa shape index (κ2) is 7.21. The van der Waals surface area contributed by atoms with Gasteiger partial charge in [-0.05, 0) is 44.0 Å². The minimum Gasteiger partial charge on any atom is -0.325 e. The maximum absolute atomic E-state index is 12.2. The Hall–Kier alpha value is -1.44. The molecule has 1 aliphatic heterocycles. The van der Waals surface area contributed by atoms with E-state index in [9.17, 15) is 13.2 Å². The van der Waals surface area contributed by atoms with E-state index in [-0.39, 0.29) is 10.8 Å². The number of nitrogens with two attached hydrogens (primary N) is 1. The van der Waals surface area contributed by atoms with Crippen LogP contribution in [-0.2, 0) is 14.8 Å². The lowest BCUT2D eigenvalue weighted by atomic mass is 10.00. The van der Waals surface area contributed by atoms with Gasteiger partial charge in [0.05, 0.1) is 11.4 Å². The number of amides is 1. The first-order valence-corrected chi connectivity index (χ1v) is 9.11. The van der Waals surface area contributed by atoms with E-state index in [2.05, 4.69) is 17.1 Å². The fourth-order valence-corrected chi connectivity index (χ4v) is 3.43. The third kappa shape index (κ3) is 4.53. The Morgan fingerprint density at radius 2 is 2.18 bits per heavy atom. The van der Waals surface area contributed by atoms with Gasteiger partial charge in [-0.3, -0.25) is 9.69 Å². The summed E-state index contributed by atoms with van der Waals surface area (Å²) in [5.41, 5.74) is 0.446. The minimum absolute atomic E-state index is 0.00490. The number of primary sulfonamides is 1. The fraction of sp³-hybridized carbons (Fsp3) is 0.533. The molecule has 1 fully saturated rings. The van der Waals surface area contributed by atoms with Crippen LogP contribution in [0.2, 0.25) is 0 Å². The second-order valence-electron chi connectivity index (χ2n) is 5.65. The first kappa shape index (κ1) is 16.9. The van der Waals surface area contributed by atoms with Gasteiger partial charge in [0.1, 0.15) is 0 Å². The molecule has 22 heavy (non-hydrogen) atoms. The van der Waals surface area contributed by atoms with Crippen LogP contribution in [-0.4, -0.2) is 38.4 Å². The molecule has 3 N–H and O–H groups in total. The van der Waals surface area contributed by atoms with E-state index in [4.69, 9.17) is 5.14 Å². The Balaban J connectivity index is 2.00. The van der Waals surface area contributed by atoms with Crippen molar-refractivity contribution in [3.05, 3.63) is 24.3 Å². The van der Waals surface area contributed by atoms with Crippen LogP contribution < -0.4 is 10.5 Å². The molecule has 6 nitrogen and oxygen atoms in total. The molecule has 1 saturated heterocycles. The van der Waals surface area contributed by atoms with Crippen molar-refractivity contribution in [2.75, 3.05) is 18.4 Å². The van der Waals surface area contributed by atoms with Crippen molar-refractivity contribution >= 4 is 21.6 Å². The molecule has 0 saturated carbocycles. The average Bonchev–Trinajstić information content (AvgIpc) is 2.47. The number of anilines is 1. The number of hydrogen-bond donors (Lipinski definition) is 2. The molecule has 0 radical (unpaired) electrons. The Morgan fingerprint density at radius 1 is 1.41 bits per heavy atom. The summed E-state index contributed by atoms with van der Waals surface area (Å²) in [6, 6.07) is 6.45. The van der Waals surface area contributed by atoms with E-state index in [1.807, 2.05) is 0 Å². The van der Waals surface area contributed by atoms with Crippen molar-refractivity contribution < 1.29 is 13.2 Å². The van der Waals surface area contributed by atoms with Crippen LogP contribution in [0.15, 0.2) is 29.2 Å². The molecule has 1 amide bonds. The van der Waals surface area contributed by atoms with Gasteiger partial charge in [0.2, 0.25) is 15.9 Å². The van der Waals surface area contributed by atoms with Crippen LogP contribution in [0.4, 0.5) is 5.69 Å². The molecule has 0 aliphatic carbocycles. The van der Waals surface area contributed by atoms with Gasteiger partial charge in [0.15, 0.2) is 0 Å². The second-order valence-corrected chi connectivity index (χ2v) is 7.21. The largest absolute Gasteiger partial charge is 0.325 e. The third-order valence-corrected chi connectivity index (χ3v) is 4.92. The van der Waals surface area contributed by atoms with Crippen LogP contribution in [0.3, 0.4) is 0 Å². The fourth-order valence-electron chi connectivity index (χ4n) is 2.87. The number of sulfonamides is 1. The molecule has 1 aliphatic rings. The summed E-state index contributed by atoms with van der Waals surface area (Å²) in [6.07, 6.45) is 4.50. The zero-order chi connectivity index (χ0) is 16.2. The zero-order valence-electron chi connectivity index (χ0n) is 12.8. The van der Waals surface area contributed by atoms with E-state index in [1.165, 1.54) is 18.6 Å². The highest BCUT2D eigenvalue weighted by atomic mass is 32.2.